The summed E-state index contributed by atoms with van der Waals surface area (Å²) in [5.41, 5.74) is 8.99. The number of aromatic nitrogens is 4. The first-order chi connectivity index (χ1) is 22.8. The molecule has 0 spiro atoms. The summed E-state index contributed by atoms with van der Waals surface area (Å²) in [5.74, 6) is 1.82. The van der Waals surface area contributed by atoms with Crippen molar-refractivity contribution in [1.82, 2.24) is 19.9 Å². The van der Waals surface area contributed by atoms with Gasteiger partial charge in [0.25, 0.3) is 0 Å². The van der Waals surface area contributed by atoms with Crippen LogP contribution in [0.25, 0.3) is 78.4 Å². The molecular weight excluding hydrogens is 753 g/mol. The molecule has 2 heterocycles. The zero-order valence-electron chi connectivity index (χ0n) is 25.2. The largest absolute Gasteiger partial charge is 0.304 e. The summed E-state index contributed by atoms with van der Waals surface area (Å²) in [4.78, 5) is 19.8. The second kappa shape index (κ2) is 13.4. The molecule has 0 unspecified atom stereocenters. The Kier molecular flexibility index (Phi) is 8.57. The number of fused-ring (bicyclic) bond motifs is 1. The fourth-order valence-corrected chi connectivity index (χ4v) is 5.66. The Balaban J connectivity index is 0.00000351. The molecule has 0 bridgehead atoms. The van der Waals surface area contributed by atoms with Crippen LogP contribution in [-0.2, 0) is 20.1 Å². The predicted octanol–water partition coefficient (Wildman–Crippen LogP) is 10.2. The van der Waals surface area contributed by atoms with Crippen molar-refractivity contribution in [3.8, 4) is 67.7 Å². The number of hydrogen-bond donors (Lipinski definition) is 0. The fourth-order valence-electron chi connectivity index (χ4n) is 5.66. The van der Waals surface area contributed by atoms with Crippen molar-refractivity contribution in [1.29, 1.82) is 0 Å². The van der Waals surface area contributed by atoms with E-state index in [0.29, 0.717) is 17.5 Å². The normalized spacial score (nSPS) is 10.8. The van der Waals surface area contributed by atoms with E-state index >= 15 is 0 Å². The van der Waals surface area contributed by atoms with E-state index in [1.165, 1.54) is 5.56 Å². The molecule has 1 radical (unpaired) electrons. The van der Waals surface area contributed by atoms with Crippen LogP contribution in [0.4, 0.5) is 0 Å². The number of benzene rings is 6. The van der Waals surface area contributed by atoms with Crippen molar-refractivity contribution in [3.05, 3.63) is 170 Å². The molecular formula is C42H27IrN4-. The van der Waals surface area contributed by atoms with Gasteiger partial charge in [0.2, 0.25) is 0 Å². The minimum absolute atomic E-state index is 0. The standard InChI is InChI=1S/C42H27N4.Ir/c1-3-11-29(12-4-1)31-21-23-32(24-22-31)40-44-41(36-19-9-17-33(25-36)30-13-5-2-6-14-30)46-42(45-40)37-20-10-18-35(26-37)39-27-34-15-7-8-16-38(34)28-43-39;/h1-17,19-28H;/q-1;. The second-order valence-electron chi connectivity index (χ2n) is 11.1. The van der Waals surface area contributed by atoms with Crippen LogP contribution in [0.1, 0.15) is 0 Å². The van der Waals surface area contributed by atoms with E-state index in [1.807, 2.05) is 42.6 Å². The minimum Gasteiger partial charge on any atom is -0.304 e. The van der Waals surface area contributed by atoms with Gasteiger partial charge < -0.3 is 4.98 Å². The van der Waals surface area contributed by atoms with E-state index in [2.05, 4.69) is 127 Å². The molecule has 0 saturated carbocycles. The van der Waals surface area contributed by atoms with Crippen LogP contribution >= 0.6 is 0 Å². The van der Waals surface area contributed by atoms with Gasteiger partial charge in [-0.1, -0.05) is 139 Å². The Morgan fingerprint density at radius 1 is 0.383 bits per heavy atom. The zero-order chi connectivity index (χ0) is 30.7. The minimum atomic E-state index is 0. The summed E-state index contributed by atoms with van der Waals surface area (Å²) >= 11 is 0. The summed E-state index contributed by atoms with van der Waals surface area (Å²) in [6.07, 6.45) is 1.91. The summed E-state index contributed by atoms with van der Waals surface area (Å²) < 4.78 is 0. The molecule has 0 aliphatic rings. The van der Waals surface area contributed by atoms with Gasteiger partial charge in [0, 0.05) is 37.4 Å². The van der Waals surface area contributed by atoms with Crippen LogP contribution < -0.4 is 0 Å². The van der Waals surface area contributed by atoms with Crippen molar-refractivity contribution in [2.45, 2.75) is 0 Å². The summed E-state index contributed by atoms with van der Waals surface area (Å²) in [5, 5.41) is 2.23. The topological polar surface area (TPSA) is 51.6 Å². The number of pyridine rings is 1. The molecule has 8 rings (SSSR count). The Morgan fingerprint density at radius 3 is 1.60 bits per heavy atom. The Labute approximate surface area is 287 Å². The molecule has 47 heavy (non-hydrogen) atoms. The van der Waals surface area contributed by atoms with Crippen LogP contribution in [0.5, 0.6) is 0 Å². The Bertz CT molecular complexity index is 2300. The van der Waals surface area contributed by atoms with Gasteiger partial charge in [-0.15, -0.1) is 29.8 Å². The predicted molar refractivity (Wildman–Crippen MR) is 187 cm³/mol. The van der Waals surface area contributed by atoms with Crippen LogP contribution in [0, 0.1) is 6.07 Å². The van der Waals surface area contributed by atoms with Gasteiger partial charge in [0.05, 0.1) is 0 Å². The van der Waals surface area contributed by atoms with Crippen LogP contribution in [0.2, 0.25) is 0 Å². The molecule has 0 N–H and O–H groups in total. The van der Waals surface area contributed by atoms with E-state index in [4.69, 9.17) is 19.9 Å². The first-order valence-electron chi connectivity index (χ1n) is 15.2. The van der Waals surface area contributed by atoms with Crippen LogP contribution in [0.3, 0.4) is 0 Å². The molecule has 0 saturated heterocycles. The van der Waals surface area contributed by atoms with Gasteiger partial charge >= 0.3 is 0 Å². The average molecular weight is 780 g/mol. The van der Waals surface area contributed by atoms with Crippen molar-refractivity contribution < 1.29 is 20.1 Å². The quantitative estimate of drug-likeness (QED) is 0.158. The third-order valence-corrected chi connectivity index (χ3v) is 8.08. The molecule has 4 nitrogen and oxygen atoms in total. The van der Waals surface area contributed by atoms with Crippen molar-refractivity contribution >= 4 is 10.8 Å². The number of nitrogens with zero attached hydrogens (tertiary/aromatic N) is 4. The van der Waals surface area contributed by atoms with E-state index in [1.54, 1.807) is 0 Å². The molecule has 0 aliphatic heterocycles. The SMILES string of the molecule is [Ir].[c-]1ccc(-c2nc(-c3ccc(-c4ccccc4)cc3)nc(-c3cccc(-c4ccccc4)c3)n2)cc1-c1cc2ccccc2cn1. The summed E-state index contributed by atoms with van der Waals surface area (Å²) in [6, 6.07) is 57.1. The van der Waals surface area contributed by atoms with Crippen molar-refractivity contribution in [3.63, 3.8) is 0 Å². The third kappa shape index (κ3) is 6.41. The molecule has 2 aromatic heterocycles. The van der Waals surface area contributed by atoms with Gasteiger partial charge in [-0.3, -0.25) is 0 Å². The van der Waals surface area contributed by atoms with Crippen molar-refractivity contribution in [2.75, 3.05) is 0 Å². The third-order valence-electron chi connectivity index (χ3n) is 8.08. The second-order valence-corrected chi connectivity index (χ2v) is 11.1. The molecule has 0 amide bonds. The molecule has 5 heteroatoms. The van der Waals surface area contributed by atoms with Crippen molar-refractivity contribution in [2.24, 2.45) is 0 Å². The van der Waals surface area contributed by atoms with Gasteiger partial charge in [-0.2, -0.15) is 0 Å². The van der Waals surface area contributed by atoms with Gasteiger partial charge in [-0.05, 0) is 44.8 Å². The summed E-state index contributed by atoms with van der Waals surface area (Å²) in [7, 11) is 0. The maximum Gasteiger partial charge on any atom is 0.164 e. The number of rotatable bonds is 6. The Morgan fingerprint density at radius 2 is 0.894 bits per heavy atom. The van der Waals surface area contributed by atoms with Gasteiger partial charge in [0.15, 0.2) is 11.6 Å². The molecule has 0 atom stereocenters. The van der Waals surface area contributed by atoms with Gasteiger partial charge in [-0.25, -0.2) is 15.0 Å². The molecule has 8 aromatic rings. The maximum atomic E-state index is 5.03. The first-order valence-corrected chi connectivity index (χ1v) is 15.2. The maximum absolute atomic E-state index is 5.03. The van der Waals surface area contributed by atoms with E-state index < -0.39 is 0 Å². The molecule has 6 aromatic carbocycles. The summed E-state index contributed by atoms with van der Waals surface area (Å²) in [6.45, 7) is 0. The molecule has 0 fully saturated rings. The Hall–Kier alpha value is -5.61. The smallest absolute Gasteiger partial charge is 0.164 e. The fraction of sp³-hybridized carbons (Fsp3) is 0. The van der Waals surface area contributed by atoms with E-state index in [9.17, 15) is 0 Å². The monoisotopic (exact) mass is 780 g/mol. The zero-order valence-corrected chi connectivity index (χ0v) is 27.6. The van der Waals surface area contributed by atoms with Crippen LogP contribution in [0.15, 0.2) is 164 Å². The molecule has 225 valence electrons. The van der Waals surface area contributed by atoms with E-state index in [0.717, 1.165) is 55.4 Å². The van der Waals surface area contributed by atoms with Gasteiger partial charge in [0.1, 0.15) is 5.82 Å². The number of hydrogen-bond acceptors (Lipinski definition) is 4. The average Bonchev–Trinajstić information content (AvgIpc) is 3.15. The van der Waals surface area contributed by atoms with Crippen LogP contribution in [-0.4, -0.2) is 19.9 Å². The first kappa shape index (κ1) is 30.1. The van der Waals surface area contributed by atoms with E-state index in [-0.39, 0.29) is 20.1 Å². The molecule has 0 aliphatic carbocycles.